The Morgan fingerprint density at radius 1 is 1.11 bits per heavy atom. The van der Waals surface area contributed by atoms with Gasteiger partial charge in [-0.15, -0.1) is 0 Å². The highest BCUT2D eigenvalue weighted by atomic mass is 32.2. The van der Waals surface area contributed by atoms with E-state index in [1.54, 1.807) is 0 Å². The second kappa shape index (κ2) is 11.1. The fourth-order valence-electron chi connectivity index (χ4n) is 6.31. The van der Waals surface area contributed by atoms with Crippen molar-refractivity contribution in [2.75, 3.05) is 55.3 Å². The van der Waals surface area contributed by atoms with E-state index in [0.717, 1.165) is 61.6 Å². The van der Waals surface area contributed by atoms with Crippen LogP contribution in [0.4, 0.5) is 11.5 Å². The number of likely N-dealkylation sites (tertiary alicyclic amines) is 1. The third-order valence-corrected chi connectivity index (χ3v) is 9.42. The zero-order valence-electron chi connectivity index (χ0n) is 22.5. The smallest absolute Gasteiger partial charge is 0.189 e. The van der Waals surface area contributed by atoms with Crippen molar-refractivity contribution in [1.29, 1.82) is 5.26 Å². The van der Waals surface area contributed by atoms with Gasteiger partial charge in [0.15, 0.2) is 5.16 Å². The minimum atomic E-state index is 0.182. The Bertz CT molecular complexity index is 1350. The molecule has 3 aliphatic rings. The molecule has 2 aromatic carbocycles. The number of thioether (sulfide) groups is 1. The number of aromatic nitrogens is 2. The van der Waals surface area contributed by atoms with Crippen molar-refractivity contribution < 1.29 is 0 Å². The number of nitriles is 1. The van der Waals surface area contributed by atoms with E-state index < -0.39 is 0 Å². The van der Waals surface area contributed by atoms with Gasteiger partial charge in [0.2, 0.25) is 0 Å². The number of fused-ring (bicyclic) bond motifs is 2. The largest absolute Gasteiger partial charge is 0.365 e. The number of hydrogen-bond donors (Lipinski definition) is 1. The molecule has 0 spiro atoms. The van der Waals surface area contributed by atoms with Crippen LogP contribution < -0.4 is 15.1 Å². The van der Waals surface area contributed by atoms with Crippen LogP contribution in [0.2, 0.25) is 0 Å². The average molecular weight is 528 g/mol. The Morgan fingerprint density at radius 2 is 1.97 bits per heavy atom. The number of rotatable bonds is 6. The molecule has 0 saturated carbocycles. The second-order valence-corrected chi connectivity index (χ2v) is 11.9. The van der Waals surface area contributed by atoms with E-state index in [9.17, 15) is 5.26 Å². The van der Waals surface area contributed by atoms with Crippen molar-refractivity contribution in [1.82, 2.24) is 20.2 Å². The summed E-state index contributed by atoms with van der Waals surface area (Å²) in [4.78, 5) is 17.7. The van der Waals surface area contributed by atoms with E-state index in [4.69, 9.17) is 9.97 Å². The maximum absolute atomic E-state index is 9.29. The standard InChI is InChI=1S/C30H37N7S/c1-21-6-3-7-22-8-4-10-27(28(21)22)36-16-12-25-26(19-36)33-30(38-20-24-9-5-15-35(24)2)34-29(25)37-17-14-32-23(18-37)11-13-31/h3-4,6-8,10,23-24,32H,5,9,11-12,14-20H2,1-2H3/t23-,24-/m0/s1. The molecule has 4 heterocycles. The zero-order valence-corrected chi connectivity index (χ0v) is 23.3. The summed E-state index contributed by atoms with van der Waals surface area (Å²) >= 11 is 1.81. The van der Waals surface area contributed by atoms with E-state index in [2.05, 4.69) is 76.5 Å². The maximum Gasteiger partial charge on any atom is 0.189 e. The van der Waals surface area contributed by atoms with Gasteiger partial charge in [0.1, 0.15) is 5.82 Å². The van der Waals surface area contributed by atoms with Gasteiger partial charge in [-0.05, 0) is 56.8 Å². The zero-order chi connectivity index (χ0) is 26.1. The third-order valence-electron chi connectivity index (χ3n) is 8.42. The highest BCUT2D eigenvalue weighted by Crippen LogP contribution is 2.36. The topological polar surface area (TPSA) is 71.3 Å². The van der Waals surface area contributed by atoms with Gasteiger partial charge in [0, 0.05) is 60.7 Å². The Morgan fingerprint density at radius 3 is 2.79 bits per heavy atom. The normalized spacial score (nSPS) is 22.0. The molecule has 2 atom stereocenters. The Balaban J connectivity index is 1.34. The molecule has 0 unspecified atom stereocenters. The highest BCUT2D eigenvalue weighted by molar-refractivity contribution is 7.99. The molecule has 6 rings (SSSR count). The Kier molecular flexibility index (Phi) is 7.42. The monoisotopic (exact) mass is 527 g/mol. The fourth-order valence-corrected chi connectivity index (χ4v) is 7.40. The van der Waals surface area contributed by atoms with Crippen molar-refractivity contribution in [3.8, 4) is 6.07 Å². The van der Waals surface area contributed by atoms with Crippen molar-refractivity contribution in [2.24, 2.45) is 0 Å². The first-order chi connectivity index (χ1) is 18.6. The lowest BCUT2D eigenvalue weighted by molar-refractivity contribution is 0.335. The van der Waals surface area contributed by atoms with Gasteiger partial charge in [-0.1, -0.05) is 42.1 Å². The van der Waals surface area contributed by atoms with E-state index in [0.29, 0.717) is 12.5 Å². The number of piperazine rings is 1. The lowest BCUT2D eigenvalue weighted by Gasteiger charge is -2.37. The summed E-state index contributed by atoms with van der Waals surface area (Å²) < 4.78 is 0. The minimum absolute atomic E-state index is 0.182. The molecule has 2 fully saturated rings. The minimum Gasteiger partial charge on any atom is -0.365 e. The molecule has 2 saturated heterocycles. The van der Waals surface area contributed by atoms with Crippen molar-refractivity contribution >= 4 is 34.0 Å². The number of nitrogens with zero attached hydrogens (tertiary/aromatic N) is 6. The molecule has 0 bridgehead atoms. The summed E-state index contributed by atoms with van der Waals surface area (Å²) in [7, 11) is 2.23. The first kappa shape index (κ1) is 25.4. The summed E-state index contributed by atoms with van der Waals surface area (Å²) in [6, 6.07) is 16.3. The third kappa shape index (κ3) is 5.07. The Labute approximate surface area is 230 Å². The molecular weight excluding hydrogens is 490 g/mol. The predicted octanol–water partition coefficient (Wildman–Crippen LogP) is 4.38. The molecule has 0 radical (unpaired) electrons. The summed E-state index contributed by atoms with van der Waals surface area (Å²) in [6.07, 6.45) is 3.98. The molecule has 1 aromatic heterocycles. The summed E-state index contributed by atoms with van der Waals surface area (Å²) in [5, 5.41) is 16.3. The van der Waals surface area contributed by atoms with Gasteiger partial charge in [-0.25, -0.2) is 9.97 Å². The van der Waals surface area contributed by atoms with Crippen LogP contribution in [0.15, 0.2) is 41.6 Å². The summed E-state index contributed by atoms with van der Waals surface area (Å²) in [6.45, 7) is 7.74. The van der Waals surface area contributed by atoms with Crippen molar-refractivity contribution in [2.45, 2.75) is 56.4 Å². The number of aryl methyl sites for hydroxylation is 1. The molecule has 38 heavy (non-hydrogen) atoms. The van der Waals surface area contributed by atoms with Crippen molar-refractivity contribution in [3.63, 3.8) is 0 Å². The van der Waals surface area contributed by atoms with Gasteiger partial charge in [0.05, 0.1) is 24.7 Å². The van der Waals surface area contributed by atoms with Crippen LogP contribution >= 0.6 is 11.8 Å². The number of anilines is 2. The van der Waals surface area contributed by atoms with E-state index in [-0.39, 0.29) is 6.04 Å². The Hall–Kier alpha value is -2.86. The van der Waals surface area contributed by atoms with Gasteiger partial charge in [0.25, 0.3) is 0 Å². The first-order valence-corrected chi connectivity index (χ1v) is 14.9. The summed E-state index contributed by atoms with van der Waals surface area (Å²) in [5.41, 5.74) is 5.06. The van der Waals surface area contributed by atoms with E-state index in [1.165, 1.54) is 47.0 Å². The fraction of sp³-hybridized carbons (Fsp3) is 0.500. The lowest BCUT2D eigenvalue weighted by atomic mass is 9.99. The maximum atomic E-state index is 9.29. The van der Waals surface area contributed by atoms with Crippen LogP contribution in [0.1, 0.15) is 36.1 Å². The first-order valence-electron chi connectivity index (χ1n) is 13.9. The second-order valence-electron chi connectivity index (χ2n) is 10.9. The molecule has 7 nitrogen and oxygen atoms in total. The molecule has 3 aliphatic heterocycles. The van der Waals surface area contributed by atoms with Gasteiger partial charge < -0.3 is 20.0 Å². The molecule has 198 valence electrons. The van der Waals surface area contributed by atoms with Gasteiger partial charge in [-0.2, -0.15) is 5.26 Å². The number of hydrogen-bond acceptors (Lipinski definition) is 8. The predicted molar refractivity (Wildman–Crippen MR) is 156 cm³/mol. The van der Waals surface area contributed by atoms with Crippen LogP contribution in [0, 0.1) is 18.3 Å². The van der Waals surface area contributed by atoms with Crippen LogP contribution in [0.25, 0.3) is 10.8 Å². The van der Waals surface area contributed by atoms with Gasteiger partial charge in [-0.3, -0.25) is 0 Å². The molecule has 8 heteroatoms. The van der Waals surface area contributed by atoms with Crippen LogP contribution in [0.3, 0.4) is 0 Å². The SMILES string of the molecule is Cc1cccc2cccc(N3CCc4c(nc(SC[C@@H]5CCCN5C)nc4N4CCN[C@@H](CC#N)C4)C3)c12. The molecular formula is C30H37N7S. The van der Waals surface area contributed by atoms with Crippen LogP contribution in [0.5, 0.6) is 0 Å². The van der Waals surface area contributed by atoms with Gasteiger partial charge >= 0.3 is 0 Å². The lowest BCUT2D eigenvalue weighted by Crippen LogP contribution is -2.51. The summed E-state index contributed by atoms with van der Waals surface area (Å²) in [5.74, 6) is 2.12. The quantitative estimate of drug-likeness (QED) is 0.374. The molecule has 0 aliphatic carbocycles. The molecule has 1 N–H and O–H groups in total. The van der Waals surface area contributed by atoms with Crippen molar-refractivity contribution in [3.05, 3.63) is 53.2 Å². The number of benzene rings is 2. The van der Waals surface area contributed by atoms with E-state index >= 15 is 0 Å². The van der Waals surface area contributed by atoms with Crippen LogP contribution in [-0.4, -0.2) is 72.5 Å². The van der Waals surface area contributed by atoms with Crippen LogP contribution in [-0.2, 0) is 13.0 Å². The number of nitrogens with one attached hydrogen (secondary N) is 1. The average Bonchev–Trinajstić information content (AvgIpc) is 3.35. The van der Waals surface area contributed by atoms with E-state index in [1.807, 2.05) is 11.8 Å². The molecule has 3 aromatic rings. The molecule has 0 amide bonds. The highest BCUT2D eigenvalue weighted by Gasteiger charge is 2.29.